The number of aryl methyl sites for hydroxylation is 1. The molecule has 0 aliphatic carbocycles. The van der Waals surface area contributed by atoms with Gasteiger partial charge in [-0.3, -0.25) is 4.79 Å². The molecule has 1 aliphatic heterocycles. The molecule has 2 aromatic rings. The van der Waals surface area contributed by atoms with Crippen molar-refractivity contribution in [2.75, 3.05) is 25.0 Å². The third-order valence-corrected chi connectivity index (χ3v) is 4.83. The van der Waals surface area contributed by atoms with Crippen molar-refractivity contribution in [1.82, 2.24) is 4.90 Å². The van der Waals surface area contributed by atoms with Crippen molar-refractivity contribution >= 4 is 33.6 Å². The van der Waals surface area contributed by atoms with Gasteiger partial charge in [-0.25, -0.2) is 9.36 Å². The van der Waals surface area contributed by atoms with E-state index in [4.69, 9.17) is 4.74 Å². The van der Waals surface area contributed by atoms with E-state index in [2.05, 4.69) is 28.2 Å². The molecule has 0 radical (unpaired) electrons. The van der Waals surface area contributed by atoms with E-state index in [1.165, 1.54) is 0 Å². The molecule has 1 aliphatic rings. The first-order valence-corrected chi connectivity index (χ1v) is 9.86. The Morgan fingerprint density at radius 3 is 2.82 bits per heavy atom. The summed E-state index contributed by atoms with van der Waals surface area (Å²) in [5, 5.41) is 3.00. The molecule has 150 valence electrons. The van der Waals surface area contributed by atoms with Crippen LogP contribution < -0.4 is 22.3 Å². The molecular weight excluding hydrogens is 446 g/mol. The Labute approximate surface area is 179 Å². The molecule has 0 atom stereocenters. The summed E-state index contributed by atoms with van der Waals surface area (Å²) >= 11 is 3.47. The van der Waals surface area contributed by atoms with Crippen LogP contribution in [0, 0.1) is 0 Å². The van der Waals surface area contributed by atoms with Crippen LogP contribution in [0.5, 0.6) is 0 Å². The number of aromatic nitrogens is 1. The minimum absolute atomic E-state index is 0. The number of rotatable bonds is 7. The maximum absolute atomic E-state index is 12.8. The maximum atomic E-state index is 12.8. The fourth-order valence-electron chi connectivity index (χ4n) is 3.05. The molecule has 2 heterocycles. The lowest BCUT2D eigenvalue weighted by Gasteiger charge is -2.15. The highest BCUT2D eigenvalue weighted by atomic mass is 79.9. The van der Waals surface area contributed by atoms with Gasteiger partial charge in [0.15, 0.2) is 12.4 Å². The molecule has 6 nitrogen and oxygen atoms in total. The summed E-state index contributed by atoms with van der Waals surface area (Å²) in [6.45, 7) is 4.57. The molecule has 0 unspecified atom stereocenters. The van der Waals surface area contributed by atoms with Gasteiger partial charge in [-0.05, 0) is 40.0 Å². The molecule has 28 heavy (non-hydrogen) atoms. The number of nitrogens with one attached hydrogen (secondary N) is 1. The predicted octanol–water partition coefficient (Wildman–Crippen LogP) is 0.398. The van der Waals surface area contributed by atoms with Gasteiger partial charge in [-0.2, -0.15) is 0 Å². The third kappa shape index (κ3) is 5.69. The highest BCUT2D eigenvalue weighted by molar-refractivity contribution is 9.10. The van der Waals surface area contributed by atoms with Gasteiger partial charge in [0.25, 0.3) is 5.91 Å². The minimum atomic E-state index is -0.272. The Morgan fingerprint density at radius 2 is 2.11 bits per heavy atom. The van der Waals surface area contributed by atoms with Crippen molar-refractivity contribution < 1.29 is 31.3 Å². The number of hydrogen-bond acceptors (Lipinski definition) is 3. The molecule has 3 rings (SSSR count). The molecule has 0 bridgehead atoms. The molecule has 1 saturated heterocycles. The number of carbonyl (C=O) groups is 2. The number of amides is 2. The van der Waals surface area contributed by atoms with E-state index in [9.17, 15) is 9.59 Å². The van der Waals surface area contributed by atoms with E-state index in [0.717, 1.165) is 28.7 Å². The minimum Gasteiger partial charge on any atom is -1.00 e. The number of pyridine rings is 1. The zero-order valence-corrected chi connectivity index (χ0v) is 18.0. The number of halogens is 2. The molecule has 2 amide bonds. The number of para-hydroxylation sites is 1. The smallest absolute Gasteiger partial charge is 0.409 e. The van der Waals surface area contributed by atoms with Crippen LogP contribution in [0.1, 0.15) is 29.3 Å². The highest BCUT2D eigenvalue weighted by Crippen LogP contribution is 2.19. The van der Waals surface area contributed by atoms with E-state index < -0.39 is 0 Å². The second-order valence-electron chi connectivity index (χ2n) is 6.44. The molecule has 0 spiro atoms. The second-order valence-corrected chi connectivity index (χ2v) is 7.36. The average Bonchev–Trinajstić information content (AvgIpc) is 3.05. The molecule has 1 aromatic heterocycles. The van der Waals surface area contributed by atoms with E-state index in [0.29, 0.717) is 31.7 Å². The molecule has 1 fully saturated rings. The summed E-state index contributed by atoms with van der Waals surface area (Å²) in [7, 11) is 0. The number of carbonyl (C=O) groups excluding carboxylic acids is 2. The van der Waals surface area contributed by atoms with Crippen LogP contribution in [0.2, 0.25) is 0 Å². The monoisotopic (exact) mass is 467 g/mol. The van der Waals surface area contributed by atoms with Crippen molar-refractivity contribution in [3.63, 3.8) is 0 Å². The van der Waals surface area contributed by atoms with Gasteiger partial charge >= 0.3 is 6.09 Å². The van der Waals surface area contributed by atoms with Crippen LogP contribution in [0.3, 0.4) is 0 Å². The van der Waals surface area contributed by atoms with Gasteiger partial charge in [0.2, 0.25) is 0 Å². The molecular formula is C20H23BrClN3O3. The van der Waals surface area contributed by atoms with Gasteiger partial charge in [0.1, 0.15) is 18.7 Å². The summed E-state index contributed by atoms with van der Waals surface area (Å²) in [6.07, 6.45) is 5.19. The predicted molar refractivity (Wildman–Crippen MR) is 106 cm³/mol. The van der Waals surface area contributed by atoms with Gasteiger partial charge in [-0.15, -0.1) is 0 Å². The van der Waals surface area contributed by atoms with Crippen molar-refractivity contribution in [2.45, 2.75) is 26.3 Å². The number of ether oxygens (including phenoxy) is 1. The van der Waals surface area contributed by atoms with Crippen LogP contribution in [-0.4, -0.2) is 36.6 Å². The number of cyclic esters (lactones) is 1. The largest absolute Gasteiger partial charge is 1.00 e. The Hall–Kier alpha value is -2.12. The summed E-state index contributed by atoms with van der Waals surface area (Å²) in [5.41, 5.74) is 2.34. The Bertz CT molecular complexity index is 847. The van der Waals surface area contributed by atoms with E-state index in [1.54, 1.807) is 4.90 Å². The van der Waals surface area contributed by atoms with Gasteiger partial charge in [0.05, 0.1) is 11.0 Å². The molecule has 1 N–H and O–H groups in total. The lowest BCUT2D eigenvalue weighted by atomic mass is 10.1. The normalized spacial score (nSPS) is 13.1. The van der Waals surface area contributed by atoms with E-state index >= 15 is 0 Å². The van der Waals surface area contributed by atoms with E-state index in [-0.39, 0.29) is 24.4 Å². The first-order chi connectivity index (χ1) is 13.1. The zero-order valence-electron chi connectivity index (χ0n) is 15.7. The Balaban J connectivity index is 0.00000280. The number of benzene rings is 1. The Kier molecular flexibility index (Phi) is 8.26. The fourth-order valence-corrected chi connectivity index (χ4v) is 3.56. The van der Waals surface area contributed by atoms with Crippen molar-refractivity contribution in [3.8, 4) is 0 Å². The zero-order chi connectivity index (χ0) is 19.2. The SMILES string of the molecule is CCC[n+]1cc(Br)cc(C(=O)Nc2ccccc2CCN2CCOC2=O)c1.[Cl-]. The molecule has 8 heteroatoms. The summed E-state index contributed by atoms with van der Waals surface area (Å²) in [5.74, 6) is -0.158. The van der Waals surface area contributed by atoms with Crippen LogP contribution >= 0.6 is 15.9 Å². The number of nitrogens with zero attached hydrogens (tertiary/aromatic N) is 2. The molecule has 0 saturated carbocycles. The first-order valence-electron chi connectivity index (χ1n) is 9.07. The van der Waals surface area contributed by atoms with Crippen LogP contribution in [0.4, 0.5) is 10.5 Å². The maximum Gasteiger partial charge on any atom is 0.409 e. The quantitative estimate of drug-likeness (QED) is 0.599. The number of hydrogen-bond donors (Lipinski definition) is 1. The Morgan fingerprint density at radius 1 is 1.32 bits per heavy atom. The van der Waals surface area contributed by atoms with Crippen LogP contribution in [0.25, 0.3) is 0 Å². The lowest BCUT2D eigenvalue weighted by Crippen LogP contribution is -3.00. The van der Waals surface area contributed by atoms with Gasteiger partial charge in [-0.1, -0.05) is 25.1 Å². The van der Waals surface area contributed by atoms with Gasteiger partial charge < -0.3 is 27.4 Å². The molecule has 1 aromatic carbocycles. The van der Waals surface area contributed by atoms with Crippen LogP contribution in [-0.2, 0) is 17.7 Å². The third-order valence-electron chi connectivity index (χ3n) is 4.39. The standard InChI is InChI=1S/C20H22BrN3O3.ClH/c1-2-8-23-13-16(12-17(21)14-23)19(25)22-18-6-4-3-5-15(18)7-9-24-10-11-27-20(24)26;/h3-6,12-14H,2,7-11H2,1H3;1H. The van der Waals surface area contributed by atoms with Crippen molar-refractivity contribution in [2.24, 2.45) is 0 Å². The lowest BCUT2D eigenvalue weighted by molar-refractivity contribution is -0.697. The van der Waals surface area contributed by atoms with Crippen LogP contribution in [0.15, 0.2) is 47.2 Å². The number of anilines is 1. The average molecular weight is 469 g/mol. The summed E-state index contributed by atoms with van der Waals surface area (Å²) in [6, 6.07) is 9.48. The topological polar surface area (TPSA) is 62.5 Å². The summed E-state index contributed by atoms with van der Waals surface area (Å²) in [4.78, 5) is 26.0. The van der Waals surface area contributed by atoms with E-state index in [1.807, 2.05) is 47.3 Å². The summed E-state index contributed by atoms with van der Waals surface area (Å²) < 4.78 is 7.83. The first kappa shape index (κ1) is 22.2. The van der Waals surface area contributed by atoms with Gasteiger partial charge in [0, 0.05) is 18.7 Å². The fraction of sp³-hybridized carbons (Fsp3) is 0.350. The van der Waals surface area contributed by atoms with Crippen molar-refractivity contribution in [3.05, 3.63) is 58.3 Å². The van der Waals surface area contributed by atoms with Crippen molar-refractivity contribution in [1.29, 1.82) is 0 Å². The highest BCUT2D eigenvalue weighted by Gasteiger charge is 2.22. The second kappa shape index (κ2) is 10.4.